The Labute approximate surface area is 163 Å². The monoisotopic (exact) mass is 404 g/mol. The molecule has 0 aromatic heterocycles. The molecule has 0 aliphatic carbocycles. The first-order valence-electron chi connectivity index (χ1n) is 8.47. The fourth-order valence-electron chi connectivity index (χ4n) is 2.93. The van der Waals surface area contributed by atoms with Crippen molar-refractivity contribution in [1.82, 2.24) is 0 Å². The highest BCUT2D eigenvalue weighted by Gasteiger charge is 2.41. The van der Waals surface area contributed by atoms with E-state index in [9.17, 15) is 18.0 Å². The van der Waals surface area contributed by atoms with Crippen LogP contribution in [0.25, 0.3) is 0 Å². The zero-order valence-electron chi connectivity index (χ0n) is 15.6. The number of hydrogen-bond acceptors (Lipinski definition) is 6. The molecule has 1 heterocycles. The Bertz CT molecular complexity index is 1020. The second-order valence-corrected chi connectivity index (χ2v) is 8.21. The van der Waals surface area contributed by atoms with Crippen molar-refractivity contribution in [2.45, 2.75) is 6.92 Å². The van der Waals surface area contributed by atoms with E-state index in [0.717, 1.165) is 4.31 Å². The number of carbonyl (C=O) groups excluding carboxylic acids is 2. The van der Waals surface area contributed by atoms with E-state index in [0.29, 0.717) is 22.7 Å². The molecule has 1 aliphatic rings. The van der Waals surface area contributed by atoms with Gasteiger partial charge in [0.05, 0.1) is 37.3 Å². The SMILES string of the molecule is COc1ccc(NC(=O)c2ccc(N3C(=O)C(C)CS3(=O)=O)cc2)c(OC)c1. The summed E-state index contributed by atoms with van der Waals surface area (Å²) >= 11 is 0. The summed E-state index contributed by atoms with van der Waals surface area (Å²) in [4.78, 5) is 24.7. The Morgan fingerprint density at radius 3 is 2.32 bits per heavy atom. The van der Waals surface area contributed by atoms with Crippen LogP contribution in [-0.2, 0) is 14.8 Å². The average Bonchev–Trinajstić information content (AvgIpc) is 2.88. The lowest BCUT2D eigenvalue weighted by Crippen LogP contribution is -2.30. The van der Waals surface area contributed by atoms with Gasteiger partial charge >= 0.3 is 0 Å². The second-order valence-electron chi connectivity index (χ2n) is 6.35. The summed E-state index contributed by atoms with van der Waals surface area (Å²) in [7, 11) is -0.673. The predicted octanol–water partition coefficient (Wildman–Crippen LogP) is 2.27. The number of methoxy groups -OCH3 is 2. The average molecular weight is 404 g/mol. The van der Waals surface area contributed by atoms with Crippen molar-refractivity contribution in [3.63, 3.8) is 0 Å². The number of sulfonamides is 1. The number of nitrogens with zero attached hydrogens (tertiary/aromatic N) is 1. The van der Waals surface area contributed by atoms with E-state index in [2.05, 4.69) is 5.32 Å². The van der Waals surface area contributed by atoms with E-state index >= 15 is 0 Å². The molecule has 0 saturated carbocycles. The third-order valence-electron chi connectivity index (χ3n) is 4.38. The highest BCUT2D eigenvalue weighted by molar-refractivity contribution is 7.94. The van der Waals surface area contributed by atoms with Gasteiger partial charge < -0.3 is 14.8 Å². The molecule has 9 heteroatoms. The van der Waals surface area contributed by atoms with Crippen LogP contribution in [0.1, 0.15) is 17.3 Å². The highest BCUT2D eigenvalue weighted by Crippen LogP contribution is 2.30. The van der Waals surface area contributed by atoms with Gasteiger partial charge in [-0.05, 0) is 36.4 Å². The lowest BCUT2D eigenvalue weighted by Gasteiger charge is -2.16. The molecular formula is C19H20N2O6S. The molecule has 1 fully saturated rings. The van der Waals surface area contributed by atoms with E-state index < -0.39 is 27.8 Å². The normalized spacial score (nSPS) is 18.0. The van der Waals surface area contributed by atoms with Crippen molar-refractivity contribution in [3.05, 3.63) is 48.0 Å². The molecule has 2 aromatic rings. The summed E-state index contributed by atoms with van der Waals surface area (Å²) < 4.78 is 35.5. The minimum absolute atomic E-state index is 0.216. The van der Waals surface area contributed by atoms with Crippen molar-refractivity contribution in [2.75, 3.05) is 29.6 Å². The maximum absolute atomic E-state index is 12.5. The quantitative estimate of drug-likeness (QED) is 0.820. The van der Waals surface area contributed by atoms with Crippen LogP contribution in [0.2, 0.25) is 0 Å². The number of carbonyl (C=O) groups is 2. The molecule has 148 valence electrons. The number of rotatable bonds is 5. The van der Waals surface area contributed by atoms with Crippen LogP contribution < -0.4 is 19.1 Å². The molecule has 1 aliphatic heterocycles. The number of anilines is 2. The van der Waals surface area contributed by atoms with Gasteiger partial charge in [0.2, 0.25) is 15.9 Å². The summed E-state index contributed by atoms with van der Waals surface area (Å²) in [6.07, 6.45) is 0. The molecular weight excluding hydrogens is 384 g/mol. The Balaban J connectivity index is 1.81. The highest BCUT2D eigenvalue weighted by atomic mass is 32.2. The van der Waals surface area contributed by atoms with E-state index in [1.807, 2.05) is 0 Å². The summed E-state index contributed by atoms with van der Waals surface area (Å²) in [6, 6.07) is 10.8. The topological polar surface area (TPSA) is 102 Å². The smallest absolute Gasteiger partial charge is 0.255 e. The molecule has 1 saturated heterocycles. The molecule has 1 N–H and O–H groups in total. The van der Waals surface area contributed by atoms with Gasteiger partial charge in [-0.1, -0.05) is 6.92 Å². The Morgan fingerprint density at radius 2 is 1.79 bits per heavy atom. The Morgan fingerprint density at radius 1 is 1.11 bits per heavy atom. The van der Waals surface area contributed by atoms with E-state index in [1.165, 1.54) is 38.5 Å². The molecule has 1 unspecified atom stereocenters. The number of hydrogen-bond donors (Lipinski definition) is 1. The van der Waals surface area contributed by atoms with Crippen LogP contribution in [-0.4, -0.2) is 40.2 Å². The maximum atomic E-state index is 12.5. The Kier molecular flexibility index (Phi) is 5.28. The van der Waals surface area contributed by atoms with Crippen LogP contribution in [0, 0.1) is 5.92 Å². The second kappa shape index (κ2) is 7.51. The third kappa shape index (κ3) is 3.65. The van der Waals surface area contributed by atoms with E-state index in [4.69, 9.17) is 9.47 Å². The van der Waals surface area contributed by atoms with Gasteiger partial charge in [-0.3, -0.25) is 9.59 Å². The molecule has 2 amide bonds. The first kappa shape index (κ1) is 19.7. The van der Waals surface area contributed by atoms with Crippen molar-refractivity contribution >= 4 is 33.2 Å². The van der Waals surface area contributed by atoms with Crippen LogP contribution in [0.4, 0.5) is 11.4 Å². The van der Waals surface area contributed by atoms with E-state index in [-0.39, 0.29) is 11.4 Å². The molecule has 0 spiro atoms. The van der Waals surface area contributed by atoms with Crippen LogP contribution in [0.15, 0.2) is 42.5 Å². The molecule has 0 radical (unpaired) electrons. The number of benzene rings is 2. The summed E-state index contributed by atoms with van der Waals surface area (Å²) in [6.45, 7) is 1.57. The summed E-state index contributed by atoms with van der Waals surface area (Å²) in [5.41, 5.74) is 0.982. The number of nitrogens with one attached hydrogen (secondary N) is 1. The molecule has 2 aromatic carbocycles. The van der Waals surface area contributed by atoms with E-state index in [1.54, 1.807) is 25.1 Å². The fourth-order valence-corrected chi connectivity index (χ4v) is 4.75. The third-order valence-corrected chi connectivity index (χ3v) is 6.25. The molecule has 0 bridgehead atoms. The molecule has 8 nitrogen and oxygen atoms in total. The Hall–Kier alpha value is -3.07. The standard InChI is InChI=1S/C19H20N2O6S/c1-12-11-28(24,25)21(19(12)23)14-6-4-13(5-7-14)18(22)20-16-9-8-15(26-2)10-17(16)27-3/h4-10,12H,11H2,1-3H3,(H,20,22). The summed E-state index contributed by atoms with van der Waals surface area (Å²) in [5.74, 6) is -0.655. The van der Waals surface area contributed by atoms with Crippen molar-refractivity contribution < 1.29 is 27.5 Å². The minimum atomic E-state index is -3.68. The molecule has 28 heavy (non-hydrogen) atoms. The first-order valence-corrected chi connectivity index (χ1v) is 10.1. The molecule has 3 rings (SSSR count). The zero-order chi connectivity index (χ0) is 20.5. The lowest BCUT2D eigenvalue weighted by molar-refractivity contribution is -0.119. The van der Waals surface area contributed by atoms with Crippen molar-refractivity contribution in [3.8, 4) is 11.5 Å². The van der Waals surface area contributed by atoms with Gasteiger partial charge in [0, 0.05) is 11.6 Å². The summed E-state index contributed by atoms with van der Waals surface area (Å²) in [5, 5.41) is 2.73. The van der Waals surface area contributed by atoms with Crippen LogP contribution in [0.5, 0.6) is 11.5 Å². The fraction of sp³-hybridized carbons (Fsp3) is 0.263. The first-order chi connectivity index (χ1) is 13.3. The largest absolute Gasteiger partial charge is 0.497 e. The van der Waals surface area contributed by atoms with Crippen LogP contribution >= 0.6 is 0 Å². The van der Waals surface area contributed by atoms with Gasteiger partial charge in [-0.15, -0.1) is 0 Å². The lowest BCUT2D eigenvalue weighted by atomic mass is 10.1. The predicted molar refractivity (Wildman–Crippen MR) is 104 cm³/mol. The van der Waals surface area contributed by atoms with Crippen molar-refractivity contribution in [2.24, 2.45) is 5.92 Å². The van der Waals surface area contributed by atoms with Gasteiger partial charge in [-0.2, -0.15) is 0 Å². The van der Waals surface area contributed by atoms with Crippen molar-refractivity contribution in [1.29, 1.82) is 0 Å². The number of ether oxygens (including phenoxy) is 2. The number of amides is 2. The van der Waals surface area contributed by atoms with Gasteiger partial charge in [0.15, 0.2) is 0 Å². The minimum Gasteiger partial charge on any atom is -0.497 e. The van der Waals surface area contributed by atoms with Gasteiger partial charge in [0.25, 0.3) is 5.91 Å². The van der Waals surface area contributed by atoms with Gasteiger partial charge in [0.1, 0.15) is 11.5 Å². The van der Waals surface area contributed by atoms with Gasteiger partial charge in [-0.25, -0.2) is 12.7 Å². The zero-order valence-corrected chi connectivity index (χ0v) is 16.4. The maximum Gasteiger partial charge on any atom is 0.255 e. The van der Waals surface area contributed by atoms with Crippen LogP contribution in [0.3, 0.4) is 0 Å². The molecule has 1 atom stereocenters.